The summed E-state index contributed by atoms with van der Waals surface area (Å²) in [5.74, 6) is -3.01. The molecule has 13 heteroatoms. The van der Waals surface area contributed by atoms with Crippen LogP contribution in [0.15, 0.2) is 54.7 Å². The molecule has 230 valence electrons. The van der Waals surface area contributed by atoms with Gasteiger partial charge in [-0.3, -0.25) is 19.3 Å². The molecule has 0 radical (unpaired) electrons. The van der Waals surface area contributed by atoms with Crippen LogP contribution in [0.4, 0.5) is 33.5 Å². The van der Waals surface area contributed by atoms with Gasteiger partial charge in [-0.15, -0.1) is 0 Å². The van der Waals surface area contributed by atoms with Crippen LogP contribution in [0.2, 0.25) is 0 Å². The van der Waals surface area contributed by atoms with Crippen LogP contribution in [0.25, 0.3) is 0 Å². The summed E-state index contributed by atoms with van der Waals surface area (Å²) in [7, 11) is 0. The van der Waals surface area contributed by atoms with Crippen molar-refractivity contribution in [3.05, 3.63) is 88.6 Å². The van der Waals surface area contributed by atoms with Gasteiger partial charge in [0.15, 0.2) is 0 Å². The van der Waals surface area contributed by atoms with Gasteiger partial charge in [0, 0.05) is 30.1 Å². The number of carbonyl (C=O) groups excluding carboxylic acids is 3. The van der Waals surface area contributed by atoms with Crippen molar-refractivity contribution >= 4 is 29.2 Å². The second-order valence-corrected chi connectivity index (χ2v) is 12.0. The van der Waals surface area contributed by atoms with E-state index in [2.05, 4.69) is 15.6 Å². The molecule has 2 N–H and O–H groups in total. The molecule has 1 aliphatic carbocycles. The van der Waals surface area contributed by atoms with Gasteiger partial charge in [0.05, 0.1) is 23.5 Å². The minimum absolute atomic E-state index is 0.0706. The third-order valence-corrected chi connectivity index (χ3v) is 8.76. The maximum atomic E-state index is 14.2. The molecule has 0 saturated carbocycles. The number of hydrogen-bond donors (Lipinski definition) is 2. The van der Waals surface area contributed by atoms with E-state index in [1.54, 1.807) is 24.4 Å². The second-order valence-electron chi connectivity index (χ2n) is 12.0. The lowest BCUT2D eigenvalue weighted by molar-refractivity contribution is -0.180. The van der Waals surface area contributed by atoms with Crippen LogP contribution in [-0.2, 0) is 32.6 Å². The number of nitrogens with one attached hydrogen (secondary N) is 2. The molecule has 1 aromatic heterocycles. The largest absolute Gasteiger partial charge is 0.401 e. The summed E-state index contributed by atoms with van der Waals surface area (Å²) in [4.78, 5) is 46.2. The van der Waals surface area contributed by atoms with E-state index in [1.807, 2.05) is 12.1 Å². The number of amides is 3. The van der Waals surface area contributed by atoms with Crippen LogP contribution in [0.3, 0.4) is 0 Å². The molecule has 2 aliphatic heterocycles. The minimum atomic E-state index is -4.64. The van der Waals surface area contributed by atoms with Gasteiger partial charge >= 0.3 is 6.18 Å². The van der Waals surface area contributed by atoms with Gasteiger partial charge in [0.25, 0.3) is 0 Å². The molecule has 3 amide bonds. The van der Waals surface area contributed by atoms with E-state index in [0.717, 1.165) is 38.6 Å². The maximum absolute atomic E-state index is 14.2. The lowest BCUT2D eigenvalue weighted by atomic mass is 9.79. The van der Waals surface area contributed by atoms with Crippen molar-refractivity contribution in [1.82, 2.24) is 14.8 Å². The quantitative estimate of drug-likeness (QED) is 0.413. The van der Waals surface area contributed by atoms with Gasteiger partial charge in [-0.25, -0.2) is 13.8 Å². The van der Waals surface area contributed by atoms with Crippen molar-refractivity contribution in [2.45, 2.75) is 49.9 Å². The Morgan fingerprint density at radius 1 is 1.05 bits per heavy atom. The highest BCUT2D eigenvalue weighted by Crippen LogP contribution is 2.47. The Hall–Kier alpha value is -4.39. The number of fused-ring (bicyclic) bond motifs is 3. The van der Waals surface area contributed by atoms with E-state index < -0.39 is 66.3 Å². The summed E-state index contributed by atoms with van der Waals surface area (Å²) in [6.45, 7) is 0.228. The molecular formula is C31H28F5N5O3. The molecule has 2 aromatic carbocycles. The summed E-state index contributed by atoms with van der Waals surface area (Å²) in [6.07, 6.45) is -2.19. The zero-order chi connectivity index (χ0) is 31.6. The Morgan fingerprint density at radius 3 is 2.45 bits per heavy atom. The minimum Gasteiger partial charge on any atom is -0.325 e. The Bertz CT molecular complexity index is 1670. The molecule has 0 bridgehead atoms. The Morgan fingerprint density at radius 2 is 1.75 bits per heavy atom. The van der Waals surface area contributed by atoms with Crippen molar-refractivity contribution in [2.75, 3.05) is 30.3 Å². The van der Waals surface area contributed by atoms with Crippen molar-refractivity contribution in [3.8, 4) is 0 Å². The lowest BCUT2D eigenvalue weighted by Crippen LogP contribution is -2.66. The summed E-state index contributed by atoms with van der Waals surface area (Å²) in [6, 6.07) is 10.1. The van der Waals surface area contributed by atoms with Crippen molar-refractivity contribution in [1.29, 1.82) is 0 Å². The van der Waals surface area contributed by atoms with E-state index in [1.165, 1.54) is 13.8 Å². The fourth-order valence-electron chi connectivity index (χ4n) is 6.58. The predicted molar refractivity (Wildman–Crippen MR) is 150 cm³/mol. The molecule has 8 nitrogen and oxygen atoms in total. The number of aromatic nitrogens is 1. The number of benzene rings is 2. The zero-order valence-electron chi connectivity index (χ0n) is 23.8. The van der Waals surface area contributed by atoms with Crippen molar-refractivity contribution in [3.63, 3.8) is 0 Å². The lowest BCUT2D eigenvalue weighted by Gasteiger charge is -2.50. The number of halogens is 5. The third kappa shape index (κ3) is 5.18. The molecule has 3 aliphatic rings. The van der Waals surface area contributed by atoms with Crippen LogP contribution in [0.5, 0.6) is 0 Å². The number of pyridine rings is 1. The SMILES string of the molecule is CC1(C)C(=O)N(CC(=O)Nc2ccc3c(c2)CC2(C3)C(=O)Nc3ncccc32)C(c2cc(F)cc(F)c2)CN1CC(F)(F)F. The molecule has 2 atom stereocenters. The molecule has 1 fully saturated rings. The smallest absolute Gasteiger partial charge is 0.325 e. The number of alkyl halides is 3. The highest BCUT2D eigenvalue weighted by atomic mass is 19.4. The molecule has 1 spiro atoms. The first-order chi connectivity index (χ1) is 20.7. The van der Waals surface area contributed by atoms with Crippen LogP contribution in [0.1, 0.15) is 42.1 Å². The fraction of sp³-hybridized carbons (Fsp3) is 0.355. The highest BCUT2D eigenvalue weighted by Gasteiger charge is 2.52. The van der Waals surface area contributed by atoms with Crippen LogP contribution >= 0.6 is 0 Å². The average molecular weight is 614 g/mol. The van der Waals surface area contributed by atoms with Crippen molar-refractivity contribution < 1.29 is 36.3 Å². The predicted octanol–water partition coefficient (Wildman–Crippen LogP) is 4.51. The molecular weight excluding hydrogens is 585 g/mol. The van der Waals surface area contributed by atoms with E-state index in [0.29, 0.717) is 30.4 Å². The summed E-state index contributed by atoms with van der Waals surface area (Å²) >= 11 is 0. The third-order valence-electron chi connectivity index (χ3n) is 8.76. The fourth-order valence-corrected chi connectivity index (χ4v) is 6.58. The molecule has 44 heavy (non-hydrogen) atoms. The van der Waals surface area contributed by atoms with E-state index >= 15 is 0 Å². The van der Waals surface area contributed by atoms with Gasteiger partial charge in [0.2, 0.25) is 17.7 Å². The van der Waals surface area contributed by atoms with Gasteiger partial charge in [-0.2, -0.15) is 13.2 Å². The standard InChI is InChI=1S/C31H28F5N5O3/c1-29(2)28(44)41(24(14-40(29)16-31(34,35)36)18-8-20(32)11-21(33)9-18)15-25(42)38-22-6-5-17-12-30(13-19(17)10-22)23-4-3-7-37-26(23)39-27(30)43/h3-11,24H,12-16H2,1-2H3,(H,38,42)(H,37,39,43). The average Bonchev–Trinajstić information content (AvgIpc) is 3.44. The van der Waals surface area contributed by atoms with E-state index in [9.17, 15) is 36.3 Å². The molecule has 3 aromatic rings. The molecule has 2 unspecified atom stereocenters. The number of hydrogen-bond acceptors (Lipinski definition) is 5. The topological polar surface area (TPSA) is 94.6 Å². The summed E-state index contributed by atoms with van der Waals surface area (Å²) in [5.41, 5.74) is 0.437. The van der Waals surface area contributed by atoms with Gasteiger partial charge in [-0.1, -0.05) is 12.1 Å². The van der Waals surface area contributed by atoms with Gasteiger partial charge < -0.3 is 15.5 Å². The van der Waals surface area contributed by atoms with Crippen molar-refractivity contribution in [2.24, 2.45) is 0 Å². The highest BCUT2D eigenvalue weighted by molar-refractivity contribution is 6.06. The van der Waals surface area contributed by atoms with E-state index in [-0.39, 0.29) is 11.5 Å². The first-order valence-electron chi connectivity index (χ1n) is 13.9. The summed E-state index contributed by atoms with van der Waals surface area (Å²) in [5, 5.41) is 5.57. The Balaban J connectivity index is 1.24. The Kier molecular flexibility index (Phi) is 6.99. The normalized spacial score (nSPS) is 22.6. The zero-order valence-corrected chi connectivity index (χ0v) is 23.8. The molecule has 3 heterocycles. The van der Waals surface area contributed by atoms with E-state index in [4.69, 9.17) is 0 Å². The second kappa shape index (κ2) is 10.4. The van der Waals surface area contributed by atoms with Crippen LogP contribution in [0, 0.1) is 11.6 Å². The van der Waals surface area contributed by atoms with Crippen LogP contribution < -0.4 is 10.6 Å². The molecule has 6 rings (SSSR count). The number of rotatable bonds is 5. The summed E-state index contributed by atoms with van der Waals surface area (Å²) < 4.78 is 68.6. The first-order valence-corrected chi connectivity index (χ1v) is 13.9. The van der Waals surface area contributed by atoms with Gasteiger partial charge in [0.1, 0.15) is 24.0 Å². The number of piperazine rings is 1. The first kappa shape index (κ1) is 29.7. The Labute approximate surface area is 249 Å². The number of nitrogens with zero attached hydrogens (tertiary/aromatic N) is 3. The number of anilines is 2. The monoisotopic (exact) mass is 613 g/mol. The number of carbonyl (C=O) groups is 3. The van der Waals surface area contributed by atoms with Gasteiger partial charge in [-0.05, 0) is 73.7 Å². The van der Waals surface area contributed by atoms with Crippen LogP contribution in [-0.4, -0.2) is 63.9 Å². The molecule has 1 saturated heterocycles. The maximum Gasteiger partial charge on any atom is 0.401 e.